The topological polar surface area (TPSA) is 87.6 Å². The Balaban J connectivity index is 1.71. The number of esters is 1. The van der Waals surface area contributed by atoms with Crippen LogP contribution in [0.1, 0.15) is 20.7 Å². The second kappa shape index (κ2) is 7.60. The lowest BCUT2D eigenvalue weighted by Gasteiger charge is -2.10. The molecular formula is C19H16N2O5. The average Bonchev–Trinajstić information content (AvgIpc) is 2.70. The van der Waals surface area contributed by atoms with Crippen molar-refractivity contribution in [2.24, 2.45) is 0 Å². The molecule has 0 spiro atoms. The van der Waals surface area contributed by atoms with Crippen molar-refractivity contribution in [2.45, 2.75) is 0 Å². The van der Waals surface area contributed by atoms with Gasteiger partial charge in [0.1, 0.15) is 11.5 Å². The molecule has 0 radical (unpaired) electrons. The average molecular weight is 352 g/mol. The van der Waals surface area contributed by atoms with Crippen LogP contribution in [-0.4, -0.2) is 42.5 Å². The number of carbonyl (C=O) groups is 2. The number of fused-ring (bicyclic) bond motifs is 1. The molecule has 0 unspecified atom stereocenters. The second-order valence-electron chi connectivity index (χ2n) is 5.33. The van der Waals surface area contributed by atoms with Crippen molar-refractivity contribution in [3.63, 3.8) is 0 Å². The predicted molar refractivity (Wildman–Crippen MR) is 93.7 cm³/mol. The van der Waals surface area contributed by atoms with Gasteiger partial charge in [-0.15, -0.1) is 0 Å². The molecule has 7 nitrogen and oxygen atoms in total. The van der Waals surface area contributed by atoms with Crippen molar-refractivity contribution in [2.75, 3.05) is 20.8 Å². The molecular weight excluding hydrogens is 336 g/mol. The third-order valence-electron chi connectivity index (χ3n) is 3.75. The summed E-state index contributed by atoms with van der Waals surface area (Å²) in [7, 11) is 2.97. The fourth-order valence-electron chi connectivity index (χ4n) is 2.41. The minimum atomic E-state index is -0.613. The molecule has 0 atom stereocenters. The first-order chi connectivity index (χ1) is 12.6. The van der Waals surface area contributed by atoms with Gasteiger partial charge in [-0.25, -0.2) is 4.79 Å². The van der Waals surface area contributed by atoms with E-state index < -0.39 is 12.6 Å². The van der Waals surface area contributed by atoms with Crippen LogP contribution in [0.3, 0.4) is 0 Å². The summed E-state index contributed by atoms with van der Waals surface area (Å²) in [6, 6.07) is 9.63. The van der Waals surface area contributed by atoms with Crippen LogP contribution in [0.15, 0.2) is 48.8 Å². The van der Waals surface area contributed by atoms with E-state index in [-0.39, 0.29) is 5.78 Å². The smallest absolute Gasteiger partial charge is 0.338 e. The standard InChI is InChI=1S/C19H16N2O5/c1-24-13-4-5-14(18(10-13)25-2)17(22)11-26-19(23)12-3-6-15-16(9-12)21-8-7-20-15/h3-10H,11H2,1-2H3. The number of aromatic nitrogens is 2. The molecule has 0 N–H and O–H groups in total. The van der Waals surface area contributed by atoms with E-state index in [1.54, 1.807) is 42.6 Å². The van der Waals surface area contributed by atoms with Gasteiger partial charge in [-0.3, -0.25) is 14.8 Å². The molecule has 132 valence electrons. The Morgan fingerprint density at radius 3 is 2.42 bits per heavy atom. The molecule has 7 heteroatoms. The third-order valence-corrected chi connectivity index (χ3v) is 3.75. The molecule has 1 heterocycles. The highest BCUT2D eigenvalue weighted by Gasteiger charge is 2.16. The van der Waals surface area contributed by atoms with E-state index in [9.17, 15) is 9.59 Å². The molecule has 0 aliphatic rings. The number of nitrogens with zero attached hydrogens (tertiary/aromatic N) is 2. The maximum absolute atomic E-state index is 12.4. The highest BCUT2D eigenvalue weighted by Crippen LogP contribution is 2.25. The summed E-state index contributed by atoms with van der Waals surface area (Å²) in [6.07, 6.45) is 3.11. The van der Waals surface area contributed by atoms with Crippen LogP contribution in [0.25, 0.3) is 11.0 Å². The van der Waals surface area contributed by atoms with Gasteiger partial charge in [-0.1, -0.05) is 0 Å². The minimum absolute atomic E-state index is 0.299. The van der Waals surface area contributed by atoms with Crippen LogP contribution in [0, 0.1) is 0 Å². The quantitative estimate of drug-likeness (QED) is 0.498. The molecule has 0 saturated carbocycles. The Kier molecular flexibility index (Phi) is 5.07. The Labute approximate surface area is 149 Å². The van der Waals surface area contributed by atoms with Crippen molar-refractivity contribution in [3.05, 3.63) is 59.9 Å². The fraction of sp³-hybridized carbons (Fsp3) is 0.158. The van der Waals surface area contributed by atoms with Gasteiger partial charge in [0.25, 0.3) is 0 Å². The highest BCUT2D eigenvalue weighted by molar-refractivity contribution is 6.02. The fourth-order valence-corrected chi connectivity index (χ4v) is 2.41. The van der Waals surface area contributed by atoms with Gasteiger partial charge >= 0.3 is 5.97 Å². The first-order valence-corrected chi connectivity index (χ1v) is 7.75. The molecule has 3 aromatic rings. The predicted octanol–water partition coefficient (Wildman–Crippen LogP) is 2.69. The van der Waals surface area contributed by atoms with E-state index in [0.29, 0.717) is 33.7 Å². The maximum Gasteiger partial charge on any atom is 0.338 e. The summed E-state index contributed by atoms with van der Waals surface area (Å²) in [5.74, 6) is -0.0733. The molecule has 0 fully saturated rings. The first-order valence-electron chi connectivity index (χ1n) is 7.75. The van der Waals surface area contributed by atoms with E-state index in [1.807, 2.05) is 0 Å². The molecule has 1 aromatic heterocycles. The Bertz CT molecular complexity index is 971. The monoisotopic (exact) mass is 352 g/mol. The van der Waals surface area contributed by atoms with E-state index in [4.69, 9.17) is 14.2 Å². The van der Waals surface area contributed by atoms with Gasteiger partial charge in [0.2, 0.25) is 5.78 Å². The van der Waals surface area contributed by atoms with E-state index in [1.165, 1.54) is 20.4 Å². The zero-order valence-corrected chi connectivity index (χ0v) is 14.3. The number of rotatable bonds is 6. The molecule has 0 saturated heterocycles. The summed E-state index contributed by atoms with van der Waals surface area (Å²) < 4.78 is 15.4. The first kappa shape index (κ1) is 17.3. The van der Waals surface area contributed by atoms with Crippen molar-refractivity contribution < 1.29 is 23.8 Å². The molecule has 2 aromatic carbocycles. The third kappa shape index (κ3) is 3.61. The van der Waals surface area contributed by atoms with Gasteiger partial charge in [0.05, 0.1) is 36.4 Å². The van der Waals surface area contributed by atoms with Gasteiger partial charge in [-0.2, -0.15) is 0 Å². The number of ether oxygens (including phenoxy) is 3. The molecule has 0 aliphatic heterocycles. The van der Waals surface area contributed by atoms with Crippen LogP contribution in [0.4, 0.5) is 0 Å². The number of ketones is 1. The molecule has 0 amide bonds. The van der Waals surface area contributed by atoms with Crippen LogP contribution >= 0.6 is 0 Å². The van der Waals surface area contributed by atoms with Crippen molar-refractivity contribution >= 4 is 22.8 Å². The van der Waals surface area contributed by atoms with Gasteiger partial charge in [0, 0.05) is 18.5 Å². The van der Waals surface area contributed by atoms with Crippen molar-refractivity contribution in [1.82, 2.24) is 9.97 Å². The molecule has 26 heavy (non-hydrogen) atoms. The van der Waals surface area contributed by atoms with E-state index in [0.717, 1.165) is 0 Å². The Morgan fingerprint density at radius 1 is 0.923 bits per heavy atom. The summed E-state index contributed by atoms with van der Waals surface area (Å²) in [6.45, 7) is -0.403. The van der Waals surface area contributed by atoms with Gasteiger partial charge in [-0.05, 0) is 30.3 Å². The number of hydrogen-bond donors (Lipinski definition) is 0. The lowest BCUT2D eigenvalue weighted by atomic mass is 10.1. The lowest BCUT2D eigenvalue weighted by molar-refractivity contribution is 0.0474. The zero-order valence-electron chi connectivity index (χ0n) is 14.3. The number of Topliss-reactive ketones (excluding diaryl/α,β-unsaturated/α-hetero) is 1. The normalized spacial score (nSPS) is 10.4. The Morgan fingerprint density at radius 2 is 1.69 bits per heavy atom. The van der Waals surface area contributed by atoms with Crippen LogP contribution < -0.4 is 9.47 Å². The molecule has 3 rings (SSSR count). The highest BCUT2D eigenvalue weighted by atomic mass is 16.5. The lowest BCUT2D eigenvalue weighted by Crippen LogP contribution is -2.15. The van der Waals surface area contributed by atoms with E-state index in [2.05, 4.69) is 9.97 Å². The second-order valence-corrected chi connectivity index (χ2v) is 5.33. The zero-order chi connectivity index (χ0) is 18.5. The van der Waals surface area contributed by atoms with Gasteiger partial charge in [0.15, 0.2) is 6.61 Å². The van der Waals surface area contributed by atoms with Crippen molar-refractivity contribution in [1.29, 1.82) is 0 Å². The van der Waals surface area contributed by atoms with Crippen LogP contribution in [0.2, 0.25) is 0 Å². The SMILES string of the molecule is COc1ccc(C(=O)COC(=O)c2ccc3nccnc3c2)c(OC)c1. The van der Waals surface area contributed by atoms with Gasteiger partial charge < -0.3 is 14.2 Å². The summed E-state index contributed by atoms with van der Waals surface area (Å²) in [5.41, 5.74) is 1.85. The summed E-state index contributed by atoms with van der Waals surface area (Å²) in [4.78, 5) is 32.8. The number of hydrogen-bond acceptors (Lipinski definition) is 7. The summed E-state index contributed by atoms with van der Waals surface area (Å²) in [5, 5.41) is 0. The maximum atomic E-state index is 12.4. The number of methoxy groups -OCH3 is 2. The molecule has 0 bridgehead atoms. The van der Waals surface area contributed by atoms with E-state index >= 15 is 0 Å². The van der Waals surface area contributed by atoms with Crippen LogP contribution in [-0.2, 0) is 4.74 Å². The van der Waals surface area contributed by atoms with Crippen molar-refractivity contribution in [3.8, 4) is 11.5 Å². The molecule has 0 aliphatic carbocycles. The minimum Gasteiger partial charge on any atom is -0.497 e. The largest absolute Gasteiger partial charge is 0.497 e. The summed E-state index contributed by atoms with van der Waals surface area (Å²) >= 11 is 0. The van der Waals surface area contributed by atoms with Crippen LogP contribution in [0.5, 0.6) is 11.5 Å². The number of benzene rings is 2. The number of carbonyl (C=O) groups excluding carboxylic acids is 2. The Hall–Kier alpha value is -3.48.